The average Bonchev–Trinajstić information content (AvgIpc) is 2.45. The van der Waals surface area contributed by atoms with E-state index in [1.54, 1.807) is 0 Å². The van der Waals surface area contributed by atoms with Gasteiger partial charge in [-0.3, -0.25) is 0 Å². The van der Waals surface area contributed by atoms with E-state index in [2.05, 4.69) is 56.2 Å². The van der Waals surface area contributed by atoms with E-state index in [0.29, 0.717) is 6.04 Å². The largest absolute Gasteiger partial charge is 0.391 e. The number of aryl methyl sites for hydroxylation is 1. The van der Waals surface area contributed by atoms with Gasteiger partial charge < -0.3 is 15.3 Å². The second-order valence-corrected chi connectivity index (χ2v) is 6.69. The quantitative estimate of drug-likeness (QED) is 0.874. The van der Waals surface area contributed by atoms with Crippen molar-refractivity contribution in [1.29, 1.82) is 0 Å². The Bertz CT molecular complexity index is 459. The Labute approximate surface area is 129 Å². The van der Waals surface area contributed by atoms with Crippen molar-refractivity contribution in [3.8, 4) is 0 Å². The van der Waals surface area contributed by atoms with E-state index < -0.39 is 0 Å². The Morgan fingerprint density at radius 1 is 1.29 bits per heavy atom. The fourth-order valence-corrected chi connectivity index (χ4v) is 3.27. The molecule has 3 heteroatoms. The third-order valence-corrected chi connectivity index (χ3v) is 4.55. The molecule has 0 heterocycles. The zero-order valence-corrected chi connectivity index (χ0v) is 13.9. The van der Waals surface area contributed by atoms with E-state index in [4.69, 9.17) is 0 Å². The molecule has 0 amide bonds. The molecule has 0 radical (unpaired) electrons. The van der Waals surface area contributed by atoms with E-state index in [9.17, 15) is 5.11 Å². The highest BCUT2D eigenvalue weighted by Gasteiger charge is 2.27. The van der Waals surface area contributed by atoms with Crippen LogP contribution in [-0.4, -0.2) is 30.3 Å². The topological polar surface area (TPSA) is 35.5 Å². The van der Waals surface area contributed by atoms with Crippen LogP contribution in [0.25, 0.3) is 0 Å². The number of aliphatic hydroxyl groups excluding tert-OH is 1. The lowest BCUT2D eigenvalue weighted by Gasteiger charge is -2.37. The lowest BCUT2D eigenvalue weighted by molar-refractivity contribution is 0.106. The first kappa shape index (κ1) is 16.3. The van der Waals surface area contributed by atoms with E-state index in [0.717, 1.165) is 25.8 Å². The second kappa shape index (κ2) is 7.28. The molecule has 2 atom stereocenters. The van der Waals surface area contributed by atoms with Gasteiger partial charge in [0, 0.05) is 25.3 Å². The number of nitrogens with zero attached hydrogens (tertiary/aromatic N) is 1. The molecule has 118 valence electrons. The molecule has 2 rings (SSSR count). The molecule has 1 aromatic carbocycles. The van der Waals surface area contributed by atoms with Crippen LogP contribution in [0.4, 0.5) is 5.69 Å². The Morgan fingerprint density at radius 3 is 2.62 bits per heavy atom. The molecule has 3 nitrogen and oxygen atoms in total. The molecule has 2 N–H and O–H groups in total. The molecule has 1 aliphatic rings. The van der Waals surface area contributed by atoms with Crippen molar-refractivity contribution in [2.75, 3.05) is 11.9 Å². The molecule has 0 bridgehead atoms. The van der Waals surface area contributed by atoms with Crippen LogP contribution in [-0.2, 0) is 6.54 Å². The van der Waals surface area contributed by atoms with Gasteiger partial charge in [0.25, 0.3) is 0 Å². The first-order chi connectivity index (χ1) is 9.99. The summed E-state index contributed by atoms with van der Waals surface area (Å²) in [6, 6.07) is 7.43. The van der Waals surface area contributed by atoms with Gasteiger partial charge in [0.15, 0.2) is 0 Å². The van der Waals surface area contributed by atoms with Gasteiger partial charge in [-0.25, -0.2) is 0 Å². The summed E-state index contributed by atoms with van der Waals surface area (Å²) in [5.41, 5.74) is 3.86. The number of hydrogen-bond donors (Lipinski definition) is 2. The van der Waals surface area contributed by atoms with Gasteiger partial charge in [-0.2, -0.15) is 0 Å². The summed E-state index contributed by atoms with van der Waals surface area (Å²) in [5.74, 6) is 0. The van der Waals surface area contributed by atoms with Crippen LogP contribution in [0.2, 0.25) is 0 Å². The van der Waals surface area contributed by atoms with Crippen molar-refractivity contribution < 1.29 is 5.11 Å². The minimum atomic E-state index is -0.189. The van der Waals surface area contributed by atoms with Gasteiger partial charge in [-0.1, -0.05) is 38.8 Å². The maximum absolute atomic E-state index is 10.2. The van der Waals surface area contributed by atoms with Gasteiger partial charge in [-0.05, 0) is 37.0 Å². The number of aliphatic hydroxyl groups is 1. The number of hydrogen-bond acceptors (Lipinski definition) is 3. The standard InChI is InChI=1S/C18H30N2O/c1-13(2)19-12-15-9-10-16(14(3)11-15)20(4)17-7-5-6-8-18(17)21/h9-11,13,17-19,21H,5-8,12H2,1-4H3. The van der Waals surface area contributed by atoms with Crippen molar-refractivity contribution in [2.24, 2.45) is 0 Å². The van der Waals surface area contributed by atoms with Crippen molar-refractivity contribution in [1.82, 2.24) is 5.32 Å². The third-order valence-electron chi connectivity index (χ3n) is 4.55. The van der Waals surface area contributed by atoms with Gasteiger partial charge in [0.2, 0.25) is 0 Å². The highest BCUT2D eigenvalue weighted by molar-refractivity contribution is 5.55. The van der Waals surface area contributed by atoms with E-state index in [1.165, 1.54) is 23.2 Å². The predicted molar refractivity (Wildman–Crippen MR) is 89.8 cm³/mol. The third kappa shape index (κ3) is 4.21. The summed E-state index contributed by atoms with van der Waals surface area (Å²) in [7, 11) is 2.12. The molecule has 0 aromatic heterocycles. The maximum Gasteiger partial charge on any atom is 0.0743 e. The van der Waals surface area contributed by atoms with E-state index in [1.807, 2.05) is 0 Å². The monoisotopic (exact) mass is 290 g/mol. The minimum Gasteiger partial charge on any atom is -0.391 e. The zero-order valence-electron chi connectivity index (χ0n) is 13.9. The number of nitrogens with one attached hydrogen (secondary N) is 1. The number of rotatable bonds is 5. The van der Waals surface area contributed by atoms with E-state index in [-0.39, 0.29) is 12.1 Å². The molecule has 1 saturated carbocycles. The van der Waals surface area contributed by atoms with Crippen LogP contribution >= 0.6 is 0 Å². The Kier molecular flexibility index (Phi) is 5.65. The first-order valence-electron chi connectivity index (χ1n) is 8.23. The highest BCUT2D eigenvalue weighted by Crippen LogP contribution is 2.29. The first-order valence-corrected chi connectivity index (χ1v) is 8.23. The molecule has 1 aromatic rings. The lowest BCUT2D eigenvalue weighted by atomic mass is 9.91. The lowest BCUT2D eigenvalue weighted by Crippen LogP contribution is -2.43. The van der Waals surface area contributed by atoms with Crippen LogP contribution in [0.1, 0.15) is 50.7 Å². The molecule has 0 saturated heterocycles. The van der Waals surface area contributed by atoms with Crippen molar-refractivity contribution >= 4 is 5.69 Å². The molecule has 2 unspecified atom stereocenters. The summed E-state index contributed by atoms with van der Waals surface area (Å²) in [6.07, 6.45) is 4.22. The smallest absolute Gasteiger partial charge is 0.0743 e. The van der Waals surface area contributed by atoms with Gasteiger partial charge in [0.05, 0.1) is 12.1 Å². The molecule has 0 aliphatic heterocycles. The van der Waals surface area contributed by atoms with Gasteiger partial charge in [0.1, 0.15) is 0 Å². The van der Waals surface area contributed by atoms with E-state index >= 15 is 0 Å². The molecular weight excluding hydrogens is 260 g/mol. The molecular formula is C18H30N2O. The van der Waals surface area contributed by atoms with Crippen molar-refractivity contribution in [3.63, 3.8) is 0 Å². The summed E-state index contributed by atoms with van der Waals surface area (Å²) in [4.78, 5) is 2.28. The summed E-state index contributed by atoms with van der Waals surface area (Å²) >= 11 is 0. The van der Waals surface area contributed by atoms with Crippen LogP contribution in [0.15, 0.2) is 18.2 Å². The maximum atomic E-state index is 10.2. The van der Waals surface area contributed by atoms with Crippen LogP contribution < -0.4 is 10.2 Å². The highest BCUT2D eigenvalue weighted by atomic mass is 16.3. The van der Waals surface area contributed by atoms with Crippen LogP contribution in [0, 0.1) is 6.92 Å². The zero-order chi connectivity index (χ0) is 15.4. The Balaban J connectivity index is 2.08. The fraction of sp³-hybridized carbons (Fsp3) is 0.667. The Hall–Kier alpha value is -1.06. The van der Waals surface area contributed by atoms with Crippen molar-refractivity contribution in [3.05, 3.63) is 29.3 Å². The SMILES string of the molecule is Cc1cc(CNC(C)C)ccc1N(C)C1CCCCC1O. The summed E-state index contributed by atoms with van der Waals surface area (Å²) < 4.78 is 0. The number of likely N-dealkylation sites (N-methyl/N-ethyl adjacent to an activating group) is 1. The number of benzene rings is 1. The van der Waals surface area contributed by atoms with Crippen molar-refractivity contribution in [2.45, 2.75) is 71.2 Å². The minimum absolute atomic E-state index is 0.189. The molecule has 0 spiro atoms. The van der Waals surface area contributed by atoms with Gasteiger partial charge >= 0.3 is 0 Å². The molecule has 1 aliphatic carbocycles. The average molecular weight is 290 g/mol. The fourth-order valence-electron chi connectivity index (χ4n) is 3.27. The van der Waals surface area contributed by atoms with Crippen LogP contribution in [0.3, 0.4) is 0 Å². The second-order valence-electron chi connectivity index (χ2n) is 6.69. The molecule has 21 heavy (non-hydrogen) atoms. The van der Waals surface area contributed by atoms with Gasteiger partial charge in [-0.15, -0.1) is 0 Å². The predicted octanol–water partition coefficient (Wildman–Crippen LogP) is 3.23. The molecule has 1 fully saturated rings. The normalized spacial score (nSPS) is 22.6. The summed E-state index contributed by atoms with van der Waals surface area (Å²) in [5, 5.41) is 13.7. The van der Waals surface area contributed by atoms with Crippen LogP contribution in [0.5, 0.6) is 0 Å². The summed E-state index contributed by atoms with van der Waals surface area (Å²) in [6.45, 7) is 7.41. The Morgan fingerprint density at radius 2 is 2.00 bits per heavy atom. The number of anilines is 1.